The molecule has 4 rings (SSSR count). The first-order valence-electron chi connectivity index (χ1n) is 9.88. The fraction of sp³-hybridized carbons (Fsp3) is 0.120. The molecule has 0 bridgehead atoms. The highest BCUT2D eigenvalue weighted by Crippen LogP contribution is 2.38. The summed E-state index contributed by atoms with van der Waals surface area (Å²) in [5, 5.41) is 1.07. The molecule has 0 spiro atoms. The number of benzene rings is 3. The molecule has 0 N–H and O–H groups in total. The Morgan fingerprint density at radius 2 is 1.82 bits per heavy atom. The van der Waals surface area contributed by atoms with E-state index in [0.29, 0.717) is 44.3 Å². The molecular formula is C25H18Cl3NO4. The minimum absolute atomic E-state index is 0.114. The molecule has 0 amide bonds. The third-order valence-corrected chi connectivity index (χ3v) is 5.83. The molecule has 8 heteroatoms. The number of carbonyl (C=O) groups excluding carboxylic acids is 1. The van der Waals surface area contributed by atoms with Crippen molar-refractivity contribution in [3.63, 3.8) is 0 Å². The first-order valence-corrected chi connectivity index (χ1v) is 11.0. The molecule has 5 nitrogen and oxygen atoms in total. The van der Waals surface area contributed by atoms with E-state index in [-0.39, 0.29) is 11.6 Å². The van der Waals surface area contributed by atoms with Crippen molar-refractivity contribution in [2.45, 2.75) is 13.5 Å². The van der Waals surface area contributed by atoms with Crippen LogP contribution in [0.2, 0.25) is 15.1 Å². The average molecular weight is 503 g/mol. The molecule has 33 heavy (non-hydrogen) atoms. The summed E-state index contributed by atoms with van der Waals surface area (Å²) in [4.78, 5) is 16.6. The Labute approximate surface area is 206 Å². The molecule has 1 aliphatic rings. The van der Waals surface area contributed by atoms with Gasteiger partial charge in [0.05, 0.1) is 22.2 Å². The molecule has 1 heterocycles. The first kappa shape index (κ1) is 23.2. The van der Waals surface area contributed by atoms with Crippen LogP contribution in [0, 0.1) is 6.92 Å². The Balaban J connectivity index is 1.59. The third-order valence-electron chi connectivity index (χ3n) is 4.81. The van der Waals surface area contributed by atoms with Crippen molar-refractivity contribution in [3.05, 3.63) is 97.6 Å². The number of ether oxygens (including phenoxy) is 3. The predicted octanol–water partition coefficient (Wildman–Crippen LogP) is 6.89. The number of aryl methyl sites for hydroxylation is 1. The monoisotopic (exact) mass is 501 g/mol. The molecule has 0 fully saturated rings. The Morgan fingerprint density at radius 3 is 2.55 bits per heavy atom. The van der Waals surface area contributed by atoms with Gasteiger partial charge in [0.15, 0.2) is 17.2 Å². The Bertz CT molecular complexity index is 1300. The van der Waals surface area contributed by atoms with Gasteiger partial charge in [-0.25, -0.2) is 9.79 Å². The number of carbonyl (C=O) groups is 1. The maximum atomic E-state index is 12.4. The summed E-state index contributed by atoms with van der Waals surface area (Å²) in [5.74, 6) is 0.394. The van der Waals surface area contributed by atoms with Gasteiger partial charge in [0.25, 0.3) is 0 Å². The van der Waals surface area contributed by atoms with Crippen LogP contribution in [0.3, 0.4) is 0 Å². The Morgan fingerprint density at radius 1 is 1.00 bits per heavy atom. The summed E-state index contributed by atoms with van der Waals surface area (Å²) in [5.41, 5.74) is 3.41. The number of halogens is 3. The van der Waals surface area contributed by atoms with Crippen molar-refractivity contribution in [3.8, 4) is 11.5 Å². The first-order chi connectivity index (χ1) is 15.8. The lowest BCUT2D eigenvalue weighted by atomic mass is 10.1. The van der Waals surface area contributed by atoms with Crippen LogP contribution < -0.4 is 9.47 Å². The van der Waals surface area contributed by atoms with E-state index in [2.05, 4.69) is 4.99 Å². The van der Waals surface area contributed by atoms with Crippen LogP contribution in [-0.2, 0) is 16.1 Å². The van der Waals surface area contributed by atoms with Crippen LogP contribution in [0.1, 0.15) is 22.3 Å². The number of rotatable bonds is 6. The molecule has 1 aliphatic heterocycles. The van der Waals surface area contributed by atoms with Crippen molar-refractivity contribution in [2.75, 3.05) is 7.11 Å². The molecule has 0 radical (unpaired) electrons. The second-order valence-corrected chi connectivity index (χ2v) is 8.50. The summed E-state index contributed by atoms with van der Waals surface area (Å²) >= 11 is 18.5. The molecular weight excluding hydrogens is 485 g/mol. The molecule has 0 saturated carbocycles. The quantitative estimate of drug-likeness (QED) is 0.272. The van der Waals surface area contributed by atoms with Gasteiger partial charge in [-0.05, 0) is 54.5 Å². The van der Waals surface area contributed by atoms with E-state index in [0.717, 1.165) is 11.1 Å². The minimum Gasteiger partial charge on any atom is -0.493 e. The van der Waals surface area contributed by atoms with Gasteiger partial charge in [0.2, 0.25) is 5.90 Å². The lowest BCUT2D eigenvalue weighted by Gasteiger charge is -2.13. The van der Waals surface area contributed by atoms with Crippen molar-refractivity contribution in [2.24, 2.45) is 4.99 Å². The highest BCUT2D eigenvalue weighted by molar-refractivity contribution is 6.42. The van der Waals surface area contributed by atoms with Crippen molar-refractivity contribution in [1.29, 1.82) is 0 Å². The van der Waals surface area contributed by atoms with Crippen LogP contribution in [0.4, 0.5) is 0 Å². The SMILES string of the molecule is COc1cc(/C=C2\N=C(c3ccc(Cl)c(Cl)c3)OC2=O)cc(Cl)c1OCc1cccc(C)c1. The summed E-state index contributed by atoms with van der Waals surface area (Å²) in [7, 11) is 1.52. The largest absolute Gasteiger partial charge is 0.493 e. The van der Waals surface area contributed by atoms with Gasteiger partial charge < -0.3 is 14.2 Å². The highest BCUT2D eigenvalue weighted by atomic mass is 35.5. The topological polar surface area (TPSA) is 57.1 Å². The normalized spacial score (nSPS) is 14.3. The fourth-order valence-corrected chi connectivity index (χ4v) is 3.81. The summed E-state index contributed by atoms with van der Waals surface area (Å²) in [6.07, 6.45) is 1.56. The Kier molecular flexibility index (Phi) is 6.94. The summed E-state index contributed by atoms with van der Waals surface area (Å²) in [6, 6.07) is 16.2. The smallest absolute Gasteiger partial charge is 0.363 e. The zero-order valence-corrected chi connectivity index (χ0v) is 20.0. The van der Waals surface area contributed by atoms with Crippen molar-refractivity contribution >= 4 is 52.7 Å². The van der Waals surface area contributed by atoms with Gasteiger partial charge in [-0.1, -0.05) is 64.6 Å². The lowest BCUT2D eigenvalue weighted by molar-refractivity contribution is -0.129. The van der Waals surface area contributed by atoms with E-state index in [1.54, 1.807) is 36.4 Å². The fourth-order valence-electron chi connectivity index (χ4n) is 3.24. The number of nitrogens with zero attached hydrogens (tertiary/aromatic N) is 1. The third kappa shape index (κ3) is 5.33. The van der Waals surface area contributed by atoms with E-state index in [1.807, 2.05) is 31.2 Å². The van der Waals surface area contributed by atoms with Crippen molar-refractivity contribution in [1.82, 2.24) is 0 Å². The standard InChI is InChI=1S/C25H18Cl3NO4/c1-14-4-3-5-15(8-14)13-32-23-20(28)9-16(11-22(23)31-2)10-21-25(30)33-24(29-21)17-6-7-18(26)19(27)12-17/h3-12H,13H2,1-2H3/b21-10-. The molecule has 3 aromatic rings. The summed E-state index contributed by atoms with van der Waals surface area (Å²) in [6.45, 7) is 2.35. The van der Waals surface area contributed by atoms with Crippen LogP contribution in [-0.4, -0.2) is 19.0 Å². The van der Waals surface area contributed by atoms with Gasteiger partial charge in [-0.15, -0.1) is 0 Å². The van der Waals surface area contributed by atoms with Crippen molar-refractivity contribution < 1.29 is 19.0 Å². The zero-order valence-electron chi connectivity index (χ0n) is 17.7. The predicted molar refractivity (Wildman–Crippen MR) is 131 cm³/mol. The molecule has 0 unspecified atom stereocenters. The van der Waals surface area contributed by atoms with E-state index >= 15 is 0 Å². The lowest BCUT2D eigenvalue weighted by Crippen LogP contribution is -2.05. The Hall–Kier alpha value is -2.99. The van der Waals surface area contributed by atoms with Gasteiger partial charge >= 0.3 is 5.97 Å². The van der Waals surface area contributed by atoms with Crippen LogP contribution >= 0.6 is 34.8 Å². The molecule has 0 aromatic heterocycles. The average Bonchev–Trinajstić information content (AvgIpc) is 3.14. The van der Waals surface area contributed by atoms with Gasteiger partial charge in [-0.3, -0.25) is 0 Å². The molecule has 0 saturated heterocycles. The van der Waals surface area contributed by atoms with E-state index in [9.17, 15) is 4.79 Å². The maximum Gasteiger partial charge on any atom is 0.363 e. The second kappa shape index (κ2) is 9.87. The van der Waals surface area contributed by atoms with Gasteiger partial charge in [0.1, 0.15) is 6.61 Å². The zero-order chi connectivity index (χ0) is 23.5. The highest BCUT2D eigenvalue weighted by Gasteiger charge is 2.25. The maximum absolute atomic E-state index is 12.4. The molecule has 0 atom stereocenters. The minimum atomic E-state index is -0.592. The number of aliphatic imine (C=N–C) groups is 1. The number of esters is 1. The van der Waals surface area contributed by atoms with Crippen LogP contribution in [0.25, 0.3) is 6.08 Å². The molecule has 3 aromatic carbocycles. The van der Waals surface area contributed by atoms with Gasteiger partial charge in [-0.2, -0.15) is 0 Å². The number of hydrogen-bond acceptors (Lipinski definition) is 5. The van der Waals surface area contributed by atoms with E-state index in [1.165, 1.54) is 7.11 Å². The second-order valence-electron chi connectivity index (χ2n) is 7.28. The molecule has 168 valence electrons. The number of cyclic esters (lactones) is 1. The van der Waals surface area contributed by atoms with E-state index in [4.69, 9.17) is 49.0 Å². The summed E-state index contributed by atoms with van der Waals surface area (Å²) < 4.78 is 16.7. The van der Waals surface area contributed by atoms with Crippen LogP contribution in [0.5, 0.6) is 11.5 Å². The van der Waals surface area contributed by atoms with E-state index < -0.39 is 5.97 Å². The molecule has 0 aliphatic carbocycles. The number of hydrogen-bond donors (Lipinski definition) is 0. The van der Waals surface area contributed by atoms with Gasteiger partial charge in [0, 0.05) is 5.56 Å². The number of methoxy groups -OCH3 is 1. The van der Waals surface area contributed by atoms with Crippen LogP contribution in [0.15, 0.2) is 65.3 Å².